The van der Waals surface area contributed by atoms with Gasteiger partial charge >= 0.3 is 0 Å². The lowest BCUT2D eigenvalue weighted by atomic mass is 9.96. The smallest absolute Gasteiger partial charge is 0.244 e. The van der Waals surface area contributed by atoms with E-state index in [4.69, 9.17) is 5.11 Å². The van der Waals surface area contributed by atoms with Gasteiger partial charge < -0.3 is 10.0 Å². The van der Waals surface area contributed by atoms with Crippen molar-refractivity contribution < 1.29 is 9.90 Å². The Balaban J connectivity index is 2.33. The summed E-state index contributed by atoms with van der Waals surface area (Å²) < 4.78 is 0.906. The van der Waals surface area contributed by atoms with Gasteiger partial charge in [0, 0.05) is 23.2 Å². The Kier molecular flexibility index (Phi) is 4.28. The van der Waals surface area contributed by atoms with E-state index in [9.17, 15) is 4.79 Å². The number of para-hydroxylation sites is 1. The molecule has 0 saturated carbocycles. The number of amides is 1. The van der Waals surface area contributed by atoms with Crippen molar-refractivity contribution in [2.45, 2.75) is 31.8 Å². The lowest BCUT2D eigenvalue weighted by molar-refractivity contribution is -0.123. The van der Waals surface area contributed by atoms with Gasteiger partial charge in [-0.25, -0.2) is 0 Å². The highest BCUT2D eigenvalue weighted by Gasteiger charge is 2.38. The number of halogens is 1. The highest BCUT2D eigenvalue weighted by Crippen LogP contribution is 2.30. The molecule has 0 spiro atoms. The Labute approximate surface area is 121 Å². The number of carbonyl (C=O) groups is 1. The van der Waals surface area contributed by atoms with Gasteiger partial charge in [-0.05, 0) is 48.3 Å². The molecule has 1 heterocycles. The summed E-state index contributed by atoms with van der Waals surface area (Å²) in [5, 5.41) is 12.4. The maximum Gasteiger partial charge on any atom is 0.244 e. The van der Waals surface area contributed by atoms with Crippen LogP contribution in [0.1, 0.15) is 20.3 Å². The van der Waals surface area contributed by atoms with Gasteiger partial charge in [-0.15, -0.1) is 0 Å². The molecule has 0 bridgehead atoms. The van der Waals surface area contributed by atoms with Crippen LogP contribution >= 0.6 is 15.9 Å². The molecule has 1 amide bonds. The molecule has 4 nitrogen and oxygen atoms in total. The Morgan fingerprint density at radius 3 is 2.79 bits per heavy atom. The predicted molar refractivity (Wildman–Crippen MR) is 79.2 cm³/mol. The molecule has 0 aliphatic carbocycles. The topological polar surface area (TPSA) is 52.6 Å². The number of aliphatic hydroxyl groups excluding tert-OH is 1. The van der Waals surface area contributed by atoms with E-state index in [-0.39, 0.29) is 24.1 Å². The average Bonchev–Trinajstić information content (AvgIpc) is 2.34. The molecular formula is C14H19BrN2O2. The van der Waals surface area contributed by atoms with Crippen LogP contribution in [-0.4, -0.2) is 35.7 Å². The third kappa shape index (κ3) is 3.16. The summed E-state index contributed by atoms with van der Waals surface area (Å²) in [5.74, 6) is 0.0141. The van der Waals surface area contributed by atoms with E-state index >= 15 is 0 Å². The first-order chi connectivity index (χ1) is 8.94. The van der Waals surface area contributed by atoms with Gasteiger partial charge in [-0.3, -0.25) is 10.1 Å². The molecule has 1 aliphatic heterocycles. The van der Waals surface area contributed by atoms with Crippen molar-refractivity contribution in [3.63, 3.8) is 0 Å². The summed E-state index contributed by atoms with van der Waals surface area (Å²) >= 11 is 3.49. The Morgan fingerprint density at radius 1 is 1.47 bits per heavy atom. The zero-order valence-electron chi connectivity index (χ0n) is 11.2. The van der Waals surface area contributed by atoms with Crippen LogP contribution in [0.25, 0.3) is 0 Å². The van der Waals surface area contributed by atoms with E-state index in [0.717, 1.165) is 10.2 Å². The number of hydrogen-bond acceptors (Lipinski definition) is 3. The Bertz CT molecular complexity index is 476. The second-order valence-electron chi connectivity index (χ2n) is 5.47. The highest BCUT2D eigenvalue weighted by molar-refractivity contribution is 9.10. The fourth-order valence-corrected chi connectivity index (χ4v) is 2.94. The molecule has 1 aromatic carbocycles. The normalized spacial score (nSPS) is 22.6. The maximum atomic E-state index is 12.5. The van der Waals surface area contributed by atoms with Crippen LogP contribution in [0.4, 0.5) is 5.69 Å². The van der Waals surface area contributed by atoms with Crippen LogP contribution in [0.2, 0.25) is 0 Å². The molecule has 1 fully saturated rings. The van der Waals surface area contributed by atoms with Gasteiger partial charge in [-0.2, -0.15) is 0 Å². The monoisotopic (exact) mass is 326 g/mol. The van der Waals surface area contributed by atoms with Gasteiger partial charge in [0.25, 0.3) is 0 Å². The van der Waals surface area contributed by atoms with Crippen LogP contribution in [0.3, 0.4) is 0 Å². The van der Waals surface area contributed by atoms with Crippen LogP contribution in [-0.2, 0) is 4.79 Å². The van der Waals surface area contributed by atoms with Crippen molar-refractivity contribution in [2.75, 3.05) is 18.1 Å². The average molecular weight is 327 g/mol. The number of nitrogens with zero attached hydrogens (tertiary/aromatic N) is 1. The third-order valence-electron chi connectivity index (χ3n) is 3.24. The number of piperazine rings is 1. The zero-order valence-corrected chi connectivity index (χ0v) is 12.8. The van der Waals surface area contributed by atoms with E-state index in [1.54, 1.807) is 4.90 Å². The number of rotatable bonds is 3. The molecule has 2 rings (SSSR count). The zero-order chi connectivity index (χ0) is 14.0. The number of benzene rings is 1. The summed E-state index contributed by atoms with van der Waals surface area (Å²) in [6.07, 6.45) is 0.434. The molecule has 5 heteroatoms. The summed E-state index contributed by atoms with van der Waals surface area (Å²) in [6.45, 7) is 4.74. The van der Waals surface area contributed by atoms with Crippen molar-refractivity contribution in [3.8, 4) is 0 Å². The molecule has 0 aromatic heterocycles. The van der Waals surface area contributed by atoms with E-state index < -0.39 is 0 Å². The number of aliphatic hydroxyl groups is 1. The number of hydrogen-bond donors (Lipinski definition) is 2. The van der Waals surface area contributed by atoms with Crippen LogP contribution in [0.5, 0.6) is 0 Å². The first-order valence-corrected chi connectivity index (χ1v) is 7.18. The minimum atomic E-state index is -0.333. The molecule has 1 atom stereocenters. The van der Waals surface area contributed by atoms with E-state index in [2.05, 4.69) is 35.1 Å². The van der Waals surface area contributed by atoms with Crippen molar-refractivity contribution in [2.24, 2.45) is 0 Å². The fraction of sp³-hybridized carbons (Fsp3) is 0.500. The summed E-state index contributed by atoms with van der Waals surface area (Å²) in [7, 11) is 0. The van der Waals surface area contributed by atoms with Crippen LogP contribution in [0.15, 0.2) is 28.7 Å². The number of anilines is 1. The van der Waals surface area contributed by atoms with Crippen LogP contribution < -0.4 is 10.2 Å². The lowest BCUT2D eigenvalue weighted by Crippen LogP contribution is -2.65. The summed E-state index contributed by atoms with van der Waals surface area (Å²) in [6, 6.07) is 7.37. The maximum absolute atomic E-state index is 12.5. The van der Waals surface area contributed by atoms with E-state index in [0.29, 0.717) is 13.0 Å². The first-order valence-electron chi connectivity index (χ1n) is 6.39. The molecule has 1 unspecified atom stereocenters. The summed E-state index contributed by atoms with van der Waals surface area (Å²) in [5.41, 5.74) is 0.702. The molecule has 1 saturated heterocycles. The quantitative estimate of drug-likeness (QED) is 0.892. The van der Waals surface area contributed by atoms with E-state index in [1.165, 1.54) is 0 Å². The predicted octanol–water partition coefficient (Wildman–Crippen LogP) is 1.91. The van der Waals surface area contributed by atoms with Gasteiger partial charge in [0.05, 0.1) is 11.7 Å². The number of nitrogens with one attached hydrogen (secondary N) is 1. The fourth-order valence-electron chi connectivity index (χ4n) is 2.44. The molecule has 19 heavy (non-hydrogen) atoms. The van der Waals surface area contributed by atoms with Gasteiger partial charge in [-0.1, -0.05) is 12.1 Å². The Morgan fingerprint density at radius 2 is 2.16 bits per heavy atom. The molecule has 0 radical (unpaired) electrons. The van der Waals surface area contributed by atoms with Crippen molar-refractivity contribution in [1.82, 2.24) is 5.32 Å². The first kappa shape index (κ1) is 14.5. The van der Waals surface area contributed by atoms with Crippen molar-refractivity contribution in [1.29, 1.82) is 0 Å². The Hall–Kier alpha value is -0.910. The second kappa shape index (κ2) is 5.61. The van der Waals surface area contributed by atoms with Gasteiger partial charge in [0.15, 0.2) is 0 Å². The van der Waals surface area contributed by atoms with Gasteiger partial charge in [0.1, 0.15) is 0 Å². The van der Waals surface area contributed by atoms with Crippen molar-refractivity contribution in [3.05, 3.63) is 28.7 Å². The van der Waals surface area contributed by atoms with E-state index in [1.807, 2.05) is 24.3 Å². The molecule has 104 valence electrons. The largest absolute Gasteiger partial charge is 0.396 e. The minimum Gasteiger partial charge on any atom is -0.396 e. The minimum absolute atomic E-state index is 0.00326. The molecule has 1 aromatic rings. The summed E-state index contributed by atoms with van der Waals surface area (Å²) in [4.78, 5) is 14.3. The number of carbonyl (C=O) groups excluding carboxylic acids is 1. The van der Waals surface area contributed by atoms with Crippen LogP contribution in [0, 0.1) is 0 Å². The molecular weight excluding hydrogens is 308 g/mol. The third-order valence-corrected chi connectivity index (χ3v) is 3.91. The standard InChI is InChI=1S/C14H19BrN2O2/c1-14(2)9-17(12-6-4-3-5-10(12)15)13(19)11(16-14)7-8-18/h3-6,11,16,18H,7-9H2,1-2H3. The molecule has 1 aliphatic rings. The van der Waals surface area contributed by atoms with Gasteiger partial charge in [0.2, 0.25) is 5.91 Å². The second-order valence-corrected chi connectivity index (χ2v) is 6.32. The molecule has 2 N–H and O–H groups in total. The SMILES string of the molecule is CC1(C)CN(c2ccccc2Br)C(=O)C(CCO)N1. The lowest BCUT2D eigenvalue weighted by Gasteiger charge is -2.43. The van der Waals surface area contributed by atoms with Crippen molar-refractivity contribution >= 4 is 27.5 Å². The highest BCUT2D eigenvalue weighted by atomic mass is 79.9.